The zero-order chi connectivity index (χ0) is 17.5. The van der Waals surface area contributed by atoms with Crippen LogP contribution in [0.3, 0.4) is 0 Å². The molecule has 1 amide bonds. The SMILES string of the molecule is CCc1ccc(-c2ccc(SCC(=O)NC3CCCCC3)nn2)cc1. The van der Waals surface area contributed by atoms with Crippen LogP contribution < -0.4 is 5.32 Å². The Morgan fingerprint density at radius 3 is 2.48 bits per heavy atom. The summed E-state index contributed by atoms with van der Waals surface area (Å²) in [4.78, 5) is 12.1. The van der Waals surface area contributed by atoms with Crippen LogP contribution in [-0.4, -0.2) is 27.9 Å². The first-order valence-electron chi connectivity index (χ1n) is 9.10. The molecule has 5 heteroatoms. The molecule has 1 aromatic carbocycles. The molecule has 1 aromatic heterocycles. The molecule has 1 N–H and O–H groups in total. The minimum Gasteiger partial charge on any atom is -0.353 e. The molecule has 2 aromatic rings. The van der Waals surface area contributed by atoms with Gasteiger partial charge in [0.1, 0.15) is 5.03 Å². The maximum absolute atomic E-state index is 12.1. The summed E-state index contributed by atoms with van der Waals surface area (Å²) in [6, 6.07) is 12.7. The van der Waals surface area contributed by atoms with Crippen molar-refractivity contribution in [2.75, 3.05) is 5.75 Å². The topological polar surface area (TPSA) is 54.9 Å². The fourth-order valence-corrected chi connectivity index (χ4v) is 3.74. The van der Waals surface area contributed by atoms with E-state index in [-0.39, 0.29) is 5.91 Å². The predicted molar refractivity (Wildman–Crippen MR) is 103 cm³/mol. The molecule has 1 aliphatic rings. The van der Waals surface area contributed by atoms with E-state index in [1.165, 1.54) is 36.6 Å². The van der Waals surface area contributed by atoms with E-state index in [4.69, 9.17) is 0 Å². The van der Waals surface area contributed by atoms with Gasteiger partial charge in [-0.05, 0) is 37.0 Å². The summed E-state index contributed by atoms with van der Waals surface area (Å²) in [5, 5.41) is 12.5. The van der Waals surface area contributed by atoms with Gasteiger partial charge in [-0.1, -0.05) is 62.2 Å². The van der Waals surface area contributed by atoms with Crippen molar-refractivity contribution in [1.82, 2.24) is 15.5 Å². The van der Waals surface area contributed by atoms with E-state index in [2.05, 4.69) is 46.7 Å². The first-order valence-corrected chi connectivity index (χ1v) is 10.1. The third-order valence-corrected chi connectivity index (χ3v) is 5.54. The lowest BCUT2D eigenvalue weighted by Gasteiger charge is -2.22. The van der Waals surface area contributed by atoms with E-state index in [9.17, 15) is 4.79 Å². The number of nitrogens with one attached hydrogen (secondary N) is 1. The van der Waals surface area contributed by atoms with Crippen molar-refractivity contribution < 1.29 is 4.79 Å². The quantitative estimate of drug-likeness (QED) is 0.787. The third kappa shape index (κ3) is 5.30. The summed E-state index contributed by atoms with van der Waals surface area (Å²) in [5.41, 5.74) is 3.24. The largest absolute Gasteiger partial charge is 0.353 e. The van der Waals surface area contributed by atoms with Crippen molar-refractivity contribution in [3.8, 4) is 11.3 Å². The van der Waals surface area contributed by atoms with Crippen LogP contribution in [0, 0.1) is 0 Å². The number of carbonyl (C=O) groups is 1. The highest BCUT2D eigenvalue weighted by Crippen LogP contribution is 2.21. The summed E-state index contributed by atoms with van der Waals surface area (Å²) in [7, 11) is 0. The second-order valence-electron chi connectivity index (χ2n) is 6.50. The molecule has 0 bridgehead atoms. The molecule has 4 nitrogen and oxygen atoms in total. The normalized spacial score (nSPS) is 15.1. The van der Waals surface area contributed by atoms with Gasteiger partial charge in [0.2, 0.25) is 5.91 Å². The summed E-state index contributed by atoms with van der Waals surface area (Å²) >= 11 is 1.44. The standard InChI is InChI=1S/C20H25N3OS/c1-2-15-8-10-16(11-9-15)18-12-13-20(23-22-18)25-14-19(24)21-17-6-4-3-5-7-17/h8-13,17H,2-7,14H2,1H3,(H,21,24). The highest BCUT2D eigenvalue weighted by molar-refractivity contribution is 7.99. The van der Waals surface area contributed by atoms with Gasteiger partial charge in [0.25, 0.3) is 0 Å². The number of benzene rings is 1. The average molecular weight is 356 g/mol. The molecule has 132 valence electrons. The molecule has 1 fully saturated rings. The lowest BCUT2D eigenvalue weighted by molar-refractivity contribution is -0.119. The molecule has 0 unspecified atom stereocenters. The zero-order valence-corrected chi connectivity index (χ0v) is 15.5. The molecule has 1 saturated carbocycles. The predicted octanol–water partition coefficient (Wildman–Crippen LogP) is 4.25. The molecule has 0 atom stereocenters. The van der Waals surface area contributed by atoms with Crippen LogP contribution in [0.2, 0.25) is 0 Å². The van der Waals surface area contributed by atoms with Crippen LogP contribution in [-0.2, 0) is 11.2 Å². The van der Waals surface area contributed by atoms with Crippen LogP contribution in [0.15, 0.2) is 41.4 Å². The number of hydrogen-bond donors (Lipinski definition) is 1. The van der Waals surface area contributed by atoms with Crippen molar-refractivity contribution in [3.63, 3.8) is 0 Å². The average Bonchev–Trinajstić information content (AvgIpc) is 2.68. The molecule has 0 saturated heterocycles. The molecule has 1 heterocycles. The second kappa shape index (κ2) is 8.99. The van der Waals surface area contributed by atoms with E-state index in [0.717, 1.165) is 35.5 Å². The third-order valence-electron chi connectivity index (χ3n) is 4.62. The first-order chi connectivity index (χ1) is 12.2. The molecule has 1 aliphatic carbocycles. The number of nitrogens with zero attached hydrogens (tertiary/aromatic N) is 2. The Labute approximate surface area is 153 Å². The molecular formula is C20H25N3OS. The van der Waals surface area contributed by atoms with Crippen molar-refractivity contribution in [3.05, 3.63) is 42.0 Å². The smallest absolute Gasteiger partial charge is 0.230 e. The second-order valence-corrected chi connectivity index (χ2v) is 7.49. The van der Waals surface area contributed by atoms with E-state index >= 15 is 0 Å². The van der Waals surface area contributed by atoms with Crippen molar-refractivity contribution in [2.24, 2.45) is 0 Å². The van der Waals surface area contributed by atoms with Gasteiger partial charge in [0.05, 0.1) is 11.4 Å². The summed E-state index contributed by atoms with van der Waals surface area (Å²) in [5.74, 6) is 0.494. The Morgan fingerprint density at radius 2 is 1.84 bits per heavy atom. The van der Waals surface area contributed by atoms with Crippen molar-refractivity contribution in [1.29, 1.82) is 0 Å². The van der Waals surface area contributed by atoms with E-state index in [0.29, 0.717) is 11.8 Å². The Kier molecular flexibility index (Phi) is 6.45. The van der Waals surface area contributed by atoms with E-state index in [1.807, 2.05) is 12.1 Å². The van der Waals surface area contributed by atoms with E-state index in [1.54, 1.807) is 0 Å². The first kappa shape index (κ1) is 17.9. The van der Waals surface area contributed by atoms with Crippen LogP contribution in [0.25, 0.3) is 11.3 Å². The number of hydrogen-bond acceptors (Lipinski definition) is 4. The Morgan fingerprint density at radius 1 is 1.08 bits per heavy atom. The number of aromatic nitrogens is 2. The van der Waals surface area contributed by atoms with Gasteiger partial charge in [0, 0.05) is 11.6 Å². The van der Waals surface area contributed by atoms with Gasteiger partial charge in [-0.15, -0.1) is 10.2 Å². The summed E-state index contributed by atoms with van der Waals surface area (Å²) in [6.07, 6.45) is 7.01. The van der Waals surface area contributed by atoms with Crippen LogP contribution in [0.4, 0.5) is 0 Å². The summed E-state index contributed by atoms with van der Waals surface area (Å²) in [6.45, 7) is 2.14. The monoisotopic (exact) mass is 355 g/mol. The maximum atomic E-state index is 12.1. The number of aryl methyl sites for hydroxylation is 1. The van der Waals surface area contributed by atoms with Crippen LogP contribution in [0.5, 0.6) is 0 Å². The van der Waals surface area contributed by atoms with Crippen molar-refractivity contribution in [2.45, 2.75) is 56.5 Å². The minimum absolute atomic E-state index is 0.0953. The van der Waals surface area contributed by atoms with Gasteiger partial charge in [0.15, 0.2) is 0 Å². The van der Waals surface area contributed by atoms with Crippen molar-refractivity contribution >= 4 is 17.7 Å². The Bertz CT molecular complexity index is 679. The lowest BCUT2D eigenvalue weighted by Crippen LogP contribution is -2.37. The fourth-order valence-electron chi connectivity index (χ4n) is 3.12. The van der Waals surface area contributed by atoms with E-state index < -0.39 is 0 Å². The molecule has 0 spiro atoms. The number of rotatable bonds is 6. The highest BCUT2D eigenvalue weighted by atomic mass is 32.2. The zero-order valence-electron chi connectivity index (χ0n) is 14.7. The van der Waals surface area contributed by atoms with Gasteiger partial charge in [-0.25, -0.2) is 0 Å². The number of thioether (sulfide) groups is 1. The van der Waals surface area contributed by atoms with Gasteiger partial charge < -0.3 is 5.32 Å². The van der Waals surface area contributed by atoms with Gasteiger partial charge in [-0.2, -0.15) is 0 Å². The molecule has 0 radical (unpaired) electrons. The Hall–Kier alpha value is -1.88. The molecule has 3 rings (SSSR count). The fraction of sp³-hybridized carbons (Fsp3) is 0.450. The van der Waals surface area contributed by atoms with Crippen LogP contribution in [0.1, 0.15) is 44.6 Å². The maximum Gasteiger partial charge on any atom is 0.230 e. The number of carbonyl (C=O) groups excluding carboxylic acids is 1. The number of amides is 1. The highest BCUT2D eigenvalue weighted by Gasteiger charge is 2.15. The molecular weight excluding hydrogens is 330 g/mol. The molecule has 25 heavy (non-hydrogen) atoms. The van der Waals surface area contributed by atoms with Gasteiger partial charge >= 0.3 is 0 Å². The Balaban J connectivity index is 1.50. The summed E-state index contributed by atoms with van der Waals surface area (Å²) < 4.78 is 0. The van der Waals surface area contributed by atoms with Gasteiger partial charge in [-0.3, -0.25) is 4.79 Å². The van der Waals surface area contributed by atoms with Crippen LogP contribution >= 0.6 is 11.8 Å². The lowest BCUT2D eigenvalue weighted by atomic mass is 9.95. The minimum atomic E-state index is 0.0953. The molecule has 0 aliphatic heterocycles.